The van der Waals surface area contributed by atoms with E-state index < -0.39 is 23.8 Å². The molecule has 0 bridgehead atoms. The zero-order chi connectivity index (χ0) is 16.9. The van der Waals surface area contributed by atoms with Gasteiger partial charge in [-0.05, 0) is 38.0 Å². The number of nitrogens with two attached hydrogens (primary N) is 1. The summed E-state index contributed by atoms with van der Waals surface area (Å²) in [5.74, 6) is -0.228. The zero-order valence-electron chi connectivity index (χ0n) is 13.6. The summed E-state index contributed by atoms with van der Waals surface area (Å²) in [6.45, 7) is 5.84. The average Bonchev–Trinajstić information content (AvgIpc) is 2.47. The van der Waals surface area contributed by atoms with Gasteiger partial charge in [-0.2, -0.15) is 13.2 Å². The molecule has 0 aliphatic carbocycles. The van der Waals surface area contributed by atoms with E-state index >= 15 is 0 Å². The van der Waals surface area contributed by atoms with Crippen molar-refractivity contribution in [1.29, 1.82) is 0 Å². The Kier molecular flexibility index (Phi) is 8.63. The van der Waals surface area contributed by atoms with Crippen LogP contribution in [0.3, 0.4) is 0 Å². The first-order valence-electron chi connectivity index (χ1n) is 7.45. The standard InChI is InChI=1S/C16H23F3N2O.ClH/c1-4-7-14(20)15(22)21(5-2)11(3)12-8-6-9-13(10-12)16(17,18)19;/h6,8-11,14H,4-5,7,20H2,1-3H3;1H. The SMILES string of the molecule is CCCC(N)C(=O)N(CC)C(C)c1cccc(C(F)(F)F)c1.Cl. The second kappa shape index (κ2) is 9.13. The summed E-state index contributed by atoms with van der Waals surface area (Å²) >= 11 is 0. The van der Waals surface area contributed by atoms with Gasteiger partial charge in [0.1, 0.15) is 0 Å². The molecule has 132 valence electrons. The maximum absolute atomic E-state index is 12.8. The van der Waals surface area contributed by atoms with Gasteiger partial charge >= 0.3 is 6.18 Å². The normalized spacial score (nSPS) is 13.9. The number of hydrogen-bond acceptors (Lipinski definition) is 2. The van der Waals surface area contributed by atoms with Gasteiger partial charge in [0.2, 0.25) is 5.91 Å². The van der Waals surface area contributed by atoms with Crippen molar-refractivity contribution in [3.63, 3.8) is 0 Å². The molecule has 0 fully saturated rings. The highest BCUT2D eigenvalue weighted by Crippen LogP contribution is 2.32. The molecular formula is C16H24ClF3N2O. The van der Waals surface area contributed by atoms with Crippen LogP contribution in [-0.2, 0) is 11.0 Å². The fourth-order valence-corrected chi connectivity index (χ4v) is 2.42. The number of benzene rings is 1. The van der Waals surface area contributed by atoms with E-state index in [2.05, 4.69) is 0 Å². The fourth-order valence-electron chi connectivity index (χ4n) is 2.42. The van der Waals surface area contributed by atoms with E-state index in [1.54, 1.807) is 19.9 Å². The molecule has 0 saturated heterocycles. The smallest absolute Gasteiger partial charge is 0.335 e. The molecule has 0 saturated carbocycles. The molecule has 0 aliphatic heterocycles. The Labute approximate surface area is 141 Å². The molecule has 7 heteroatoms. The molecule has 1 amide bonds. The van der Waals surface area contributed by atoms with Crippen molar-refractivity contribution in [3.8, 4) is 0 Å². The molecule has 1 aromatic rings. The number of nitrogens with zero attached hydrogens (tertiary/aromatic N) is 1. The molecule has 0 aliphatic rings. The third-order valence-corrected chi connectivity index (χ3v) is 3.70. The maximum atomic E-state index is 12.8. The van der Waals surface area contributed by atoms with Crippen molar-refractivity contribution in [2.24, 2.45) is 5.73 Å². The van der Waals surface area contributed by atoms with Crippen molar-refractivity contribution in [3.05, 3.63) is 35.4 Å². The fraction of sp³-hybridized carbons (Fsp3) is 0.562. The summed E-state index contributed by atoms with van der Waals surface area (Å²) in [5.41, 5.74) is 5.59. The van der Waals surface area contributed by atoms with Crippen molar-refractivity contribution in [2.45, 2.75) is 51.9 Å². The highest BCUT2D eigenvalue weighted by Gasteiger charge is 2.31. The van der Waals surface area contributed by atoms with Gasteiger partial charge in [0, 0.05) is 6.54 Å². The summed E-state index contributed by atoms with van der Waals surface area (Å²) < 4.78 is 38.4. The van der Waals surface area contributed by atoms with Crippen LogP contribution in [0, 0.1) is 0 Å². The number of carbonyl (C=O) groups excluding carboxylic acids is 1. The predicted molar refractivity (Wildman–Crippen MR) is 87.4 cm³/mol. The van der Waals surface area contributed by atoms with Crippen LogP contribution in [0.25, 0.3) is 0 Å². The summed E-state index contributed by atoms with van der Waals surface area (Å²) in [5, 5.41) is 0. The average molecular weight is 353 g/mol. The van der Waals surface area contributed by atoms with E-state index in [1.807, 2.05) is 6.92 Å². The second-order valence-electron chi connectivity index (χ2n) is 5.32. The Balaban J connectivity index is 0.00000484. The topological polar surface area (TPSA) is 46.3 Å². The molecule has 1 aromatic carbocycles. The van der Waals surface area contributed by atoms with E-state index in [1.165, 1.54) is 11.0 Å². The highest BCUT2D eigenvalue weighted by atomic mass is 35.5. The monoisotopic (exact) mass is 352 g/mol. The van der Waals surface area contributed by atoms with E-state index in [0.29, 0.717) is 18.5 Å². The quantitative estimate of drug-likeness (QED) is 0.835. The number of amides is 1. The highest BCUT2D eigenvalue weighted by molar-refractivity contribution is 5.85. The molecule has 0 heterocycles. The van der Waals surface area contributed by atoms with Crippen LogP contribution in [0.15, 0.2) is 24.3 Å². The predicted octanol–water partition coefficient (Wildman–Crippen LogP) is 4.16. The first-order chi connectivity index (χ1) is 10.2. The van der Waals surface area contributed by atoms with Gasteiger partial charge in [0.05, 0.1) is 17.6 Å². The molecule has 3 nitrogen and oxygen atoms in total. The van der Waals surface area contributed by atoms with Gasteiger partial charge in [-0.3, -0.25) is 4.79 Å². The van der Waals surface area contributed by atoms with Crippen LogP contribution < -0.4 is 5.73 Å². The Hall–Kier alpha value is -1.27. The molecule has 2 atom stereocenters. The molecule has 23 heavy (non-hydrogen) atoms. The van der Waals surface area contributed by atoms with Crippen LogP contribution in [-0.4, -0.2) is 23.4 Å². The molecule has 1 rings (SSSR count). The van der Waals surface area contributed by atoms with Crippen molar-refractivity contribution >= 4 is 18.3 Å². The first kappa shape index (κ1) is 21.7. The molecule has 0 spiro atoms. The molecule has 0 radical (unpaired) electrons. The van der Waals surface area contributed by atoms with E-state index in [4.69, 9.17) is 5.73 Å². The third kappa shape index (κ3) is 5.70. The molecule has 2 N–H and O–H groups in total. The van der Waals surface area contributed by atoms with Crippen molar-refractivity contribution in [1.82, 2.24) is 4.90 Å². The third-order valence-electron chi connectivity index (χ3n) is 3.70. The summed E-state index contributed by atoms with van der Waals surface area (Å²) in [6.07, 6.45) is -3.05. The van der Waals surface area contributed by atoms with Crippen LogP contribution in [0.1, 0.15) is 50.8 Å². The Morgan fingerprint density at radius 2 is 1.91 bits per heavy atom. The lowest BCUT2D eigenvalue weighted by atomic mass is 10.0. The number of alkyl halides is 3. The zero-order valence-corrected chi connectivity index (χ0v) is 14.4. The summed E-state index contributed by atoms with van der Waals surface area (Å²) in [6, 6.07) is 4.00. The van der Waals surface area contributed by atoms with E-state index in [9.17, 15) is 18.0 Å². The minimum Gasteiger partial charge on any atom is -0.335 e. The van der Waals surface area contributed by atoms with Gasteiger partial charge in [0.15, 0.2) is 0 Å². The van der Waals surface area contributed by atoms with Gasteiger partial charge in [-0.1, -0.05) is 25.5 Å². The lowest BCUT2D eigenvalue weighted by molar-refractivity contribution is -0.137. The Morgan fingerprint density at radius 3 is 2.39 bits per heavy atom. The summed E-state index contributed by atoms with van der Waals surface area (Å²) in [7, 11) is 0. The number of halogens is 4. The summed E-state index contributed by atoms with van der Waals surface area (Å²) in [4.78, 5) is 13.9. The minimum atomic E-state index is -4.39. The number of hydrogen-bond donors (Lipinski definition) is 1. The number of rotatable bonds is 6. The molecule has 0 aromatic heterocycles. The second-order valence-corrected chi connectivity index (χ2v) is 5.32. The van der Waals surface area contributed by atoms with E-state index in [-0.39, 0.29) is 18.3 Å². The van der Waals surface area contributed by atoms with Gasteiger partial charge < -0.3 is 10.6 Å². The lowest BCUT2D eigenvalue weighted by Gasteiger charge is -2.31. The van der Waals surface area contributed by atoms with Crippen LogP contribution in [0.4, 0.5) is 13.2 Å². The van der Waals surface area contributed by atoms with Crippen LogP contribution >= 0.6 is 12.4 Å². The van der Waals surface area contributed by atoms with Crippen LogP contribution in [0.5, 0.6) is 0 Å². The first-order valence-corrected chi connectivity index (χ1v) is 7.45. The largest absolute Gasteiger partial charge is 0.416 e. The number of likely N-dealkylation sites (N-methyl/N-ethyl adjacent to an activating group) is 1. The Bertz CT molecular complexity index is 508. The van der Waals surface area contributed by atoms with Gasteiger partial charge in [0.25, 0.3) is 0 Å². The van der Waals surface area contributed by atoms with Gasteiger partial charge in [-0.15, -0.1) is 12.4 Å². The minimum absolute atomic E-state index is 0. The maximum Gasteiger partial charge on any atom is 0.416 e. The Morgan fingerprint density at radius 1 is 1.30 bits per heavy atom. The van der Waals surface area contributed by atoms with Crippen molar-refractivity contribution in [2.75, 3.05) is 6.54 Å². The number of carbonyl (C=O) groups is 1. The lowest BCUT2D eigenvalue weighted by Crippen LogP contribution is -2.44. The van der Waals surface area contributed by atoms with Gasteiger partial charge in [-0.25, -0.2) is 0 Å². The van der Waals surface area contributed by atoms with E-state index in [0.717, 1.165) is 18.6 Å². The van der Waals surface area contributed by atoms with Crippen molar-refractivity contribution < 1.29 is 18.0 Å². The molecule has 2 unspecified atom stereocenters. The van der Waals surface area contributed by atoms with Crippen LogP contribution in [0.2, 0.25) is 0 Å². The molecular weight excluding hydrogens is 329 g/mol.